The molecule has 6 heteroatoms. The van der Waals surface area contributed by atoms with E-state index in [4.69, 9.17) is 20.8 Å². The summed E-state index contributed by atoms with van der Waals surface area (Å²) in [4.78, 5) is 17.3. The number of ether oxygens (including phenoxy) is 1. The number of rotatable bonds is 3. The van der Waals surface area contributed by atoms with E-state index < -0.39 is 5.63 Å². The van der Waals surface area contributed by atoms with Gasteiger partial charge < -0.3 is 9.15 Å². The Kier molecular flexibility index (Phi) is 4.34. The van der Waals surface area contributed by atoms with E-state index >= 15 is 0 Å². The summed E-state index contributed by atoms with van der Waals surface area (Å²) in [6, 6.07) is 19.0. The minimum absolute atomic E-state index is 0.410. The molecule has 0 bridgehead atoms. The van der Waals surface area contributed by atoms with Gasteiger partial charge in [-0.25, -0.2) is 9.78 Å². The van der Waals surface area contributed by atoms with E-state index in [1.54, 1.807) is 25.3 Å². The highest BCUT2D eigenvalue weighted by atomic mass is 35.5. The van der Waals surface area contributed by atoms with Crippen molar-refractivity contribution in [3.63, 3.8) is 0 Å². The summed E-state index contributed by atoms with van der Waals surface area (Å²) in [5, 5.41) is 6.06. The first kappa shape index (κ1) is 17.9. The molecule has 0 N–H and O–H groups in total. The second-order valence-electron chi connectivity index (χ2n) is 6.53. The summed E-state index contributed by atoms with van der Waals surface area (Å²) in [5.41, 5.74) is 2.06. The van der Waals surface area contributed by atoms with Crippen LogP contribution < -0.4 is 10.4 Å². The van der Waals surface area contributed by atoms with Gasteiger partial charge in [0, 0.05) is 21.4 Å². The van der Waals surface area contributed by atoms with E-state index in [1.165, 1.54) is 11.3 Å². The van der Waals surface area contributed by atoms with Crippen LogP contribution in [0.2, 0.25) is 5.02 Å². The van der Waals surface area contributed by atoms with Crippen LogP contribution in [0.4, 0.5) is 0 Å². The molecule has 0 spiro atoms. The van der Waals surface area contributed by atoms with Crippen molar-refractivity contribution >= 4 is 44.7 Å². The van der Waals surface area contributed by atoms with Gasteiger partial charge in [0.1, 0.15) is 16.3 Å². The fourth-order valence-electron chi connectivity index (χ4n) is 3.42. The van der Waals surface area contributed by atoms with Crippen molar-refractivity contribution < 1.29 is 9.15 Å². The summed E-state index contributed by atoms with van der Waals surface area (Å²) >= 11 is 7.53. The van der Waals surface area contributed by atoms with Crippen molar-refractivity contribution in [1.82, 2.24) is 4.98 Å². The Labute approximate surface area is 175 Å². The van der Waals surface area contributed by atoms with Crippen LogP contribution in [0.1, 0.15) is 0 Å². The molecule has 0 saturated carbocycles. The van der Waals surface area contributed by atoms with E-state index in [9.17, 15) is 4.79 Å². The first-order valence-electron chi connectivity index (χ1n) is 8.89. The third-order valence-electron chi connectivity index (χ3n) is 4.81. The maximum absolute atomic E-state index is 12.6. The Morgan fingerprint density at radius 3 is 2.72 bits per heavy atom. The maximum Gasteiger partial charge on any atom is 0.346 e. The normalized spacial score (nSPS) is 11.2. The van der Waals surface area contributed by atoms with Gasteiger partial charge in [0.2, 0.25) is 0 Å². The Balaban J connectivity index is 1.69. The standard InChI is InChI=1S/C23H14ClNO3S/c1-27-20-9-7-14(24)10-17(20)19-12-29-22(25-19)18-11-16-15-5-3-2-4-13(15)6-8-21(16)28-23(18)26/h2-12H,1H3. The average molecular weight is 420 g/mol. The summed E-state index contributed by atoms with van der Waals surface area (Å²) in [6.45, 7) is 0. The van der Waals surface area contributed by atoms with Gasteiger partial charge in [-0.1, -0.05) is 41.9 Å². The van der Waals surface area contributed by atoms with Crippen molar-refractivity contribution in [1.29, 1.82) is 0 Å². The molecule has 0 fully saturated rings. The molecule has 0 unspecified atom stereocenters. The number of fused-ring (bicyclic) bond motifs is 3. The van der Waals surface area contributed by atoms with Crippen LogP contribution in [-0.2, 0) is 0 Å². The van der Waals surface area contributed by atoms with E-state index in [0.717, 1.165) is 21.7 Å². The van der Waals surface area contributed by atoms with Crippen LogP contribution >= 0.6 is 22.9 Å². The van der Waals surface area contributed by atoms with Crippen molar-refractivity contribution in [2.45, 2.75) is 0 Å². The number of methoxy groups -OCH3 is 1. The largest absolute Gasteiger partial charge is 0.496 e. The maximum atomic E-state index is 12.6. The van der Waals surface area contributed by atoms with E-state index in [0.29, 0.717) is 32.6 Å². The Morgan fingerprint density at radius 2 is 1.86 bits per heavy atom. The van der Waals surface area contributed by atoms with Gasteiger partial charge in [0.05, 0.1) is 18.4 Å². The smallest absolute Gasteiger partial charge is 0.346 e. The molecule has 0 atom stereocenters. The molecule has 0 aliphatic carbocycles. The predicted molar refractivity (Wildman–Crippen MR) is 118 cm³/mol. The first-order chi connectivity index (χ1) is 14.1. The van der Waals surface area contributed by atoms with Gasteiger partial charge in [0.25, 0.3) is 0 Å². The van der Waals surface area contributed by atoms with Gasteiger partial charge in [-0.3, -0.25) is 0 Å². The van der Waals surface area contributed by atoms with Crippen LogP contribution in [0.3, 0.4) is 0 Å². The van der Waals surface area contributed by atoms with Crippen LogP contribution in [0.15, 0.2) is 75.3 Å². The topological polar surface area (TPSA) is 52.3 Å². The van der Waals surface area contributed by atoms with Crippen LogP contribution in [0.25, 0.3) is 43.6 Å². The fraction of sp³-hybridized carbons (Fsp3) is 0.0435. The second-order valence-corrected chi connectivity index (χ2v) is 7.82. The molecule has 2 heterocycles. The van der Waals surface area contributed by atoms with Crippen molar-refractivity contribution in [2.75, 3.05) is 7.11 Å². The number of nitrogens with zero attached hydrogens (tertiary/aromatic N) is 1. The molecule has 0 radical (unpaired) electrons. The Bertz CT molecular complexity index is 1440. The average Bonchev–Trinajstić information content (AvgIpc) is 3.23. The number of thiazole rings is 1. The van der Waals surface area contributed by atoms with Crippen molar-refractivity contribution in [2.24, 2.45) is 0 Å². The molecule has 0 amide bonds. The van der Waals surface area contributed by atoms with Gasteiger partial charge >= 0.3 is 5.63 Å². The van der Waals surface area contributed by atoms with E-state index in [1.807, 2.05) is 47.8 Å². The van der Waals surface area contributed by atoms with Gasteiger partial charge in [0.15, 0.2) is 0 Å². The van der Waals surface area contributed by atoms with E-state index in [-0.39, 0.29) is 0 Å². The summed E-state index contributed by atoms with van der Waals surface area (Å²) < 4.78 is 11.0. The molecule has 4 nitrogen and oxygen atoms in total. The zero-order valence-electron chi connectivity index (χ0n) is 15.3. The molecule has 0 aliphatic heterocycles. The zero-order valence-corrected chi connectivity index (χ0v) is 16.9. The molecule has 3 aromatic carbocycles. The minimum Gasteiger partial charge on any atom is -0.496 e. The fourth-order valence-corrected chi connectivity index (χ4v) is 4.42. The number of hydrogen-bond donors (Lipinski definition) is 0. The molecule has 2 aromatic heterocycles. The minimum atomic E-state index is -0.410. The highest BCUT2D eigenvalue weighted by Gasteiger charge is 2.16. The number of benzene rings is 3. The Morgan fingerprint density at radius 1 is 1.00 bits per heavy atom. The van der Waals surface area contributed by atoms with Gasteiger partial charge in [-0.05, 0) is 41.1 Å². The van der Waals surface area contributed by atoms with E-state index in [2.05, 4.69) is 4.98 Å². The third-order valence-corrected chi connectivity index (χ3v) is 5.92. The lowest BCUT2D eigenvalue weighted by Crippen LogP contribution is -2.02. The SMILES string of the molecule is COc1ccc(Cl)cc1-c1csc(-c2cc3c(ccc4ccccc43)oc2=O)n1. The van der Waals surface area contributed by atoms with Crippen LogP contribution in [0.5, 0.6) is 5.75 Å². The lowest BCUT2D eigenvalue weighted by Gasteiger charge is -2.06. The number of halogens is 1. The molecule has 5 aromatic rings. The molecule has 142 valence electrons. The lowest BCUT2D eigenvalue weighted by atomic mass is 10.0. The molecule has 29 heavy (non-hydrogen) atoms. The predicted octanol–water partition coefficient (Wildman–Crippen LogP) is 6.40. The second kappa shape index (κ2) is 7.03. The highest BCUT2D eigenvalue weighted by molar-refractivity contribution is 7.13. The molecular formula is C23H14ClNO3S. The molecule has 0 aliphatic rings. The van der Waals surface area contributed by atoms with Crippen LogP contribution in [0, 0.1) is 0 Å². The van der Waals surface area contributed by atoms with Crippen molar-refractivity contribution in [3.8, 4) is 27.6 Å². The van der Waals surface area contributed by atoms with Crippen LogP contribution in [-0.4, -0.2) is 12.1 Å². The molecule has 0 saturated heterocycles. The Hall–Kier alpha value is -3.15. The first-order valence-corrected chi connectivity index (χ1v) is 10.2. The molecular weight excluding hydrogens is 406 g/mol. The summed E-state index contributed by atoms with van der Waals surface area (Å²) in [7, 11) is 1.60. The summed E-state index contributed by atoms with van der Waals surface area (Å²) in [6.07, 6.45) is 0. The molecule has 5 rings (SSSR count). The highest BCUT2D eigenvalue weighted by Crippen LogP contribution is 2.36. The number of aromatic nitrogens is 1. The van der Waals surface area contributed by atoms with Gasteiger partial charge in [-0.15, -0.1) is 11.3 Å². The lowest BCUT2D eigenvalue weighted by molar-refractivity contribution is 0.416. The summed E-state index contributed by atoms with van der Waals surface area (Å²) in [5.74, 6) is 0.669. The zero-order chi connectivity index (χ0) is 20.0. The quantitative estimate of drug-likeness (QED) is 0.251. The van der Waals surface area contributed by atoms with Crippen molar-refractivity contribution in [3.05, 3.63) is 81.5 Å². The van der Waals surface area contributed by atoms with Gasteiger partial charge in [-0.2, -0.15) is 0 Å². The number of hydrogen-bond acceptors (Lipinski definition) is 5. The third kappa shape index (κ3) is 3.09. The monoisotopic (exact) mass is 419 g/mol.